The summed E-state index contributed by atoms with van der Waals surface area (Å²) in [5.74, 6) is 1.22. The monoisotopic (exact) mass is 618 g/mol. The molecule has 0 spiro atoms. The first kappa shape index (κ1) is 39.8. The van der Waals surface area contributed by atoms with Crippen LogP contribution in [0.1, 0.15) is 169 Å². The van der Waals surface area contributed by atoms with Crippen LogP contribution < -0.4 is 0 Å². The van der Waals surface area contributed by atoms with Crippen LogP contribution in [0.5, 0.6) is 11.5 Å². The summed E-state index contributed by atoms with van der Waals surface area (Å²) in [6.07, 6.45) is 14.7. The molecule has 44 heavy (non-hydrogen) atoms. The summed E-state index contributed by atoms with van der Waals surface area (Å²) >= 11 is 0. The van der Waals surface area contributed by atoms with Gasteiger partial charge < -0.3 is 19.7 Å². The summed E-state index contributed by atoms with van der Waals surface area (Å²) in [6.45, 7) is 18.1. The van der Waals surface area contributed by atoms with Crippen LogP contribution >= 0.6 is 0 Å². The molecule has 2 N–H and O–H groups in total. The maximum absolute atomic E-state index is 11.8. The first-order valence-electron chi connectivity index (χ1n) is 17.6. The zero-order valence-corrected chi connectivity index (χ0v) is 29.6. The van der Waals surface area contributed by atoms with Gasteiger partial charge in [0.15, 0.2) is 0 Å². The van der Waals surface area contributed by atoms with E-state index in [0.717, 1.165) is 101 Å². The maximum atomic E-state index is 11.8. The molecule has 0 aliphatic heterocycles. The number of carbonyl (C=O) groups is 2. The smallest absolute Gasteiger partial charge is 0.305 e. The Morgan fingerprint density at radius 1 is 0.636 bits per heavy atom. The molecule has 0 saturated carbocycles. The second-order valence-corrected chi connectivity index (χ2v) is 14.6. The summed E-state index contributed by atoms with van der Waals surface area (Å²) in [5.41, 5.74) is 0.983. The van der Waals surface area contributed by atoms with Crippen LogP contribution in [0, 0.1) is 11.8 Å². The van der Waals surface area contributed by atoms with E-state index in [2.05, 4.69) is 55.4 Å². The lowest BCUT2D eigenvalue weighted by molar-refractivity contribution is -0.145. The van der Waals surface area contributed by atoms with Crippen molar-refractivity contribution in [1.82, 2.24) is 0 Å². The third kappa shape index (κ3) is 15.7. The van der Waals surface area contributed by atoms with Crippen molar-refractivity contribution >= 4 is 11.9 Å². The first-order valence-corrected chi connectivity index (χ1v) is 17.6. The molecule has 0 bridgehead atoms. The molecule has 254 valence electrons. The molecule has 0 radical (unpaired) electrons. The summed E-state index contributed by atoms with van der Waals surface area (Å²) in [7, 11) is 0. The number of aromatic hydroxyl groups is 2. The van der Waals surface area contributed by atoms with Gasteiger partial charge in [-0.1, -0.05) is 107 Å². The Kier molecular flexibility index (Phi) is 18.7. The summed E-state index contributed by atoms with van der Waals surface area (Å²) < 4.78 is 10.8. The van der Waals surface area contributed by atoms with Gasteiger partial charge in [0, 0.05) is 24.0 Å². The highest BCUT2D eigenvalue weighted by atomic mass is 16.5. The minimum absolute atomic E-state index is 0.0871. The number of hydrogen-bond acceptors (Lipinski definition) is 6. The van der Waals surface area contributed by atoms with Crippen LogP contribution in [0.3, 0.4) is 0 Å². The highest BCUT2D eigenvalue weighted by Gasteiger charge is 2.30. The number of esters is 2. The fraction of sp³-hybridized carbons (Fsp3) is 0.789. The molecule has 0 aliphatic rings. The topological polar surface area (TPSA) is 93.1 Å². The molecule has 2 unspecified atom stereocenters. The van der Waals surface area contributed by atoms with Crippen LogP contribution in [0.15, 0.2) is 12.1 Å². The van der Waals surface area contributed by atoms with E-state index in [1.807, 2.05) is 0 Å². The quantitative estimate of drug-likeness (QED) is 0.0680. The zero-order valence-electron chi connectivity index (χ0n) is 29.6. The molecule has 0 saturated heterocycles. The van der Waals surface area contributed by atoms with Crippen molar-refractivity contribution in [3.63, 3.8) is 0 Å². The largest absolute Gasteiger partial charge is 0.508 e. The molecule has 0 amide bonds. The highest BCUT2D eigenvalue weighted by molar-refractivity contribution is 5.69. The van der Waals surface area contributed by atoms with Gasteiger partial charge in [0.2, 0.25) is 0 Å². The van der Waals surface area contributed by atoms with Crippen molar-refractivity contribution in [2.45, 2.75) is 169 Å². The third-order valence-corrected chi connectivity index (χ3v) is 9.29. The second-order valence-electron chi connectivity index (χ2n) is 14.6. The van der Waals surface area contributed by atoms with Gasteiger partial charge in [-0.15, -0.1) is 0 Å². The Morgan fingerprint density at radius 3 is 1.34 bits per heavy atom. The lowest BCUT2D eigenvalue weighted by Gasteiger charge is -2.31. The molecule has 2 atom stereocenters. The molecule has 6 nitrogen and oxygen atoms in total. The Labute approximate surface area is 269 Å². The summed E-state index contributed by atoms with van der Waals surface area (Å²) in [6, 6.07) is 3.54. The van der Waals surface area contributed by atoms with E-state index in [4.69, 9.17) is 9.47 Å². The number of benzene rings is 1. The molecule has 0 heterocycles. The molecular weight excluding hydrogens is 552 g/mol. The maximum Gasteiger partial charge on any atom is 0.305 e. The van der Waals surface area contributed by atoms with Gasteiger partial charge >= 0.3 is 11.9 Å². The normalized spacial score (nSPS) is 13.5. The Morgan fingerprint density at radius 2 is 1.00 bits per heavy atom. The molecule has 1 rings (SSSR count). The van der Waals surface area contributed by atoms with Crippen LogP contribution in [-0.4, -0.2) is 35.4 Å². The van der Waals surface area contributed by atoms with Crippen molar-refractivity contribution in [1.29, 1.82) is 0 Å². The van der Waals surface area contributed by atoms with Gasteiger partial charge in [0.1, 0.15) is 11.5 Å². The first-order chi connectivity index (χ1) is 20.7. The van der Waals surface area contributed by atoms with Gasteiger partial charge in [-0.3, -0.25) is 9.59 Å². The van der Waals surface area contributed by atoms with Crippen LogP contribution in [-0.2, 0) is 29.9 Å². The van der Waals surface area contributed by atoms with E-state index < -0.39 is 0 Å². The summed E-state index contributed by atoms with van der Waals surface area (Å²) in [4.78, 5) is 23.7. The number of rotatable bonds is 24. The molecule has 6 heteroatoms. The molecule has 1 aromatic rings. The van der Waals surface area contributed by atoms with Crippen molar-refractivity contribution in [3.05, 3.63) is 23.3 Å². The zero-order chi connectivity index (χ0) is 33.2. The van der Waals surface area contributed by atoms with Crippen LogP contribution in [0.25, 0.3) is 0 Å². The predicted octanol–water partition coefficient (Wildman–Crippen LogP) is 10.3. The molecule has 0 aliphatic carbocycles. The van der Waals surface area contributed by atoms with E-state index >= 15 is 0 Å². The molecular formula is C38H66O6. The molecule has 0 fully saturated rings. The predicted molar refractivity (Wildman–Crippen MR) is 181 cm³/mol. The van der Waals surface area contributed by atoms with Gasteiger partial charge in [-0.2, -0.15) is 0 Å². The van der Waals surface area contributed by atoms with Crippen LogP contribution in [0.4, 0.5) is 0 Å². The van der Waals surface area contributed by atoms with Crippen molar-refractivity contribution < 1.29 is 29.3 Å². The summed E-state index contributed by atoms with van der Waals surface area (Å²) in [5, 5.41) is 22.2. The Hall–Kier alpha value is -2.24. The lowest BCUT2D eigenvalue weighted by Crippen LogP contribution is -2.21. The minimum Gasteiger partial charge on any atom is -0.508 e. The van der Waals surface area contributed by atoms with Crippen LogP contribution in [0.2, 0.25) is 0 Å². The number of phenols is 2. The average molecular weight is 619 g/mol. The van der Waals surface area contributed by atoms with Gasteiger partial charge in [0.05, 0.1) is 13.2 Å². The van der Waals surface area contributed by atoms with E-state index in [9.17, 15) is 19.8 Å². The number of phenolic OH excluding ortho intramolecular Hbond substituents is 2. The Balaban J connectivity index is 2.55. The third-order valence-electron chi connectivity index (χ3n) is 9.29. The van der Waals surface area contributed by atoms with Crippen molar-refractivity contribution in [2.75, 3.05) is 13.2 Å². The molecule has 1 aromatic carbocycles. The van der Waals surface area contributed by atoms with Crippen molar-refractivity contribution in [2.24, 2.45) is 11.8 Å². The number of carbonyl (C=O) groups excluding carboxylic acids is 2. The SMILES string of the molecule is CCCCCC(=O)OCCC(C)CCCC(C)(C)c1cc(O)c(C(C)(C)CCCC(C)CCOC(=O)CCCCC)cc1O. The minimum atomic E-state index is -0.287. The Bertz CT molecular complexity index is 889. The van der Waals surface area contributed by atoms with Crippen molar-refractivity contribution in [3.8, 4) is 11.5 Å². The standard InChI is InChI=1S/C38H66O6/c1-9-11-13-19-35(41)43-25-21-29(3)17-15-23-37(5,6)31-27-34(40)32(28-33(31)39)38(7,8)24-16-18-30(4)22-26-44-36(42)20-14-12-10-2/h27-30,39-40H,9-26H2,1-8H3. The average Bonchev–Trinajstić information content (AvgIpc) is 2.94. The number of hydrogen-bond donors (Lipinski definition) is 2. The van der Waals surface area contributed by atoms with E-state index in [1.54, 1.807) is 12.1 Å². The fourth-order valence-electron chi connectivity index (χ4n) is 5.93. The lowest BCUT2D eigenvalue weighted by atomic mass is 9.75. The van der Waals surface area contributed by atoms with Gasteiger partial charge in [0.25, 0.3) is 0 Å². The van der Waals surface area contributed by atoms with E-state index in [1.165, 1.54) is 0 Å². The second kappa shape index (κ2) is 20.7. The fourth-order valence-corrected chi connectivity index (χ4v) is 5.93. The highest BCUT2D eigenvalue weighted by Crippen LogP contribution is 2.43. The van der Waals surface area contributed by atoms with Gasteiger partial charge in [-0.05, 0) is 73.3 Å². The molecule has 0 aromatic heterocycles. The number of ether oxygens (including phenoxy) is 2. The van der Waals surface area contributed by atoms with E-state index in [0.29, 0.717) is 37.9 Å². The van der Waals surface area contributed by atoms with E-state index in [-0.39, 0.29) is 34.3 Å². The van der Waals surface area contributed by atoms with Gasteiger partial charge in [-0.25, -0.2) is 0 Å². The number of unbranched alkanes of at least 4 members (excludes halogenated alkanes) is 4.